The summed E-state index contributed by atoms with van der Waals surface area (Å²) in [6.45, 7) is 0. The molecule has 0 heterocycles. The first kappa shape index (κ1) is 12.4. The van der Waals surface area contributed by atoms with Crippen molar-refractivity contribution >= 4 is 15.9 Å². The van der Waals surface area contributed by atoms with Gasteiger partial charge in [0.05, 0.1) is 11.6 Å². The summed E-state index contributed by atoms with van der Waals surface area (Å²) in [4.78, 5) is 0. The van der Waals surface area contributed by atoms with E-state index in [1.165, 1.54) is 25.3 Å². The highest BCUT2D eigenvalue weighted by Gasteiger charge is 2.47. The number of ether oxygens (including phenoxy) is 1. The summed E-state index contributed by atoms with van der Waals surface area (Å²) in [6, 6.07) is 3.13. The second-order valence-corrected chi connectivity index (χ2v) is 6.38. The normalized spacial score (nSPS) is 31.0. The maximum Gasteiger partial charge on any atom is 0.141 e. The lowest BCUT2D eigenvalue weighted by Gasteiger charge is -2.23. The van der Waals surface area contributed by atoms with E-state index >= 15 is 0 Å². The first-order chi connectivity index (χ1) is 8.60. The number of hydrogen-bond acceptors (Lipinski definition) is 2. The van der Waals surface area contributed by atoms with Crippen LogP contribution in [0.3, 0.4) is 0 Å². The van der Waals surface area contributed by atoms with Gasteiger partial charge in [0.1, 0.15) is 11.6 Å². The van der Waals surface area contributed by atoms with Crippen molar-refractivity contribution in [3.05, 3.63) is 28.0 Å². The Balaban J connectivity index is 1.87. The first-order valence-corrected chi connectivity index (χ1v) is 7.18. The van der Waals surface area contributed by atoms with Crippen molar-refractivity contribution in [3.63, 3.8) is 0 Å². The van der Waals surface area contributed by atoms with E-state index in [1.807, 2.05) is 0 Å². The number of halogens is 2. The number of rotatable bonds is 3. The van der Waals surface area contributed by atoms with Crippen molar-refractivity contribution in [2.45, 2.75) is 25.3 Å². The summed E-state index contributed by atoms with van der Waals surface area (Å²) in [5.74, 6) is 2.56. The monoisotopic (exact) mass is 313 g/mol. The van der Waals surface area contributed by atoms with Gasteiger partial charge in [-0.2, -0.15) is 0 Å². The molecule has 0 aliphatic heterocycles. The Kier molecular flexibility index (Phi) is 3.10. The van der Waals surface area contributed by atoms with Gasteiger partial charge in [0, 0.05) is 17.7 Å². The fraction of sp³-hybridized carbons (Fsp3) is 0.571. The average Bonchev–Trinajstić information content (AvgIpc) is 2.98. The van der Waals surface area contributed by atoms with E-state index in [2.05, 4.69) is 15.9 Å². The first-order valence-electron chi connectivity index (χ1n) is 6.38. The third-order valence-corrected chi connectivity index (χ3v) is 5.03. The van der Waals surface area contributed by atoms with Crippen LogP contribution < -0.4 is 10.5 Å². The molecule has 0 spiro atoms. The maximum absolute atomic E-state index is 13.5. The minimum atomic E-state index is -0.308. The van der Waals surface area contributed by atoms with Gasteiger partial charge in [-0.15, -0.1) is 0 Å². The van der Waals surface area contributed by atoms with Crippen LogP contribution in [0.4, 0.5) is 4.39 Å². The molecule has 0 amide bonds. The van der Waals surface area contributed by atoms with Gasteiger partial charge in [-0.1, -0.05) is 0 Å². The van der Waals surface area contributed by atoms with Crippen molar-refractivity contribution in [2.75, 3.05) is 7.11 Å². The Morgan fingerprint density at radius 3 is 2.61 bits per heavy atom. The van der Waals surface area contributed by atoms with E-state index in [4.69, 9.17) is 10.5 Å². The predicted molar refractivity (Wildman–Crippen MR) is 71.9 cm³/mol. The van der Waals surface area contributed by atoms with Crippen molar-refractivity contribution in [2.24, 2.45) is 23.5 Å². The van der Waals surface area contributed by atoms with Gasteiger partial charge >= 0.3 is 0 Å². The summed E-state index contributed by atoms with van der Waals surface area (Å²) >= 11 is 3.22. The van der Waals surface area contributed by atoms with Crippen molar-refractivity contribution < 1.29 is 9.13 Å². The largest absolute Gasteiger partial charge is 0.496 e. The van der Waals surface area contributed by atoms with Gasteiger partial charge < -0.3 is 10.5 Å². The third-order valence-electron chi connectivity index (χ3n) is 4.42. The summed E-state index contributed by atoms with van der Waals surface area (Å²) in [5.41, 5.74) is 7.27. The summed E-state index contributed by atoms with van der Waals surface area (Å²) in [7, 11) is 1.56. The molecule has 2 N–H and O–H groups in total. The standard InChI is InChI=1S/C14H17BrFNO/c1-18-13-6-12(16)11(15)5-10(13)14(17)9-3-7-2-8(7)4-9/h5-9,14H,2-4,17H2,1H3. The van der Waals surface area contributed by atoms with Gasteiger partial charge in [-0.05, 0) is 59.0 Å². The van der Waals surface area contributed by atoms with E-state index in [1.54, 1.807) is 13.2 Å². The minimum Gasteiger partial charge on any atom is -0.496 e. The molecule has 0 bridgehead atoms. The Morgan fingerprint density at radius 1 is 1.33 bits per heavy atom. The molecule has 4 heteroatoms. The molecule has 2 aliphatic carbocycles. The third kappa shape index (κ3) is 2.05. The minimum absolute atomic E-state index is 0.0513. The van der Waals surface area contributed by atoms with Crippen molar-refractivity contribution in [1.82, 2.24) is 0 Å². The van der Waals surface area contributed by atoms with Crippen molar-refractivity contribution in [1.29, 1.82) is 0 Å². The molecule has 2 aliphatic rings. The number of methoxy groups -OCH3 is 1. The van der Waals surface area contributed by atoms with Crippen molar-refractivity contribution in [3.8, 4) is 5.75 Å². The zero-order valence-corrected chi connectivity index (χ0v) is 11.9. The second kappa shape index (κ2) is 4.49. The molecule has 1 aromatic rings. The summed E-state index contributed by atoms with van der Waals surface area (Å²) < 4.78 is 19.2. The SMILES string of the molecule is COc1cc(F)c(Br)cc1C(N)C1CC2CC2C1. The zero-order valence-electron chi connectivity index (χ0n) is 10.3. The van der Waals surface area contributed by atoms with Crippen LogP contribution in [0.2, 0.25) is 0 Å². The molecule has 3 atom stereocenters. The number of nitrogens with two attached hydrogens (primary N) is 1. The van der Waals surface area contributed by atoms with E-state index in [0.29, 0.717) is 16.1 Å². The Bertz CT molecular complexity index is 469. The van der Waals surface area contributed by atoms with Gasteiger partial charge in [0.2, 0.25) is 0 Å². The number of benzene rings is 1. The summed E-state index contributed by atoms with van der Waals surface area (Å²) in [6.07, 6.45) is 3.81. The lowest BCUT2D eigenvalue weighted by Crippen LogP contribution is -2.21. The van der Waals surface area contributed by atoms with E-state index in [0.717, 1.165) is 17.4 Å². The number of hydrogen-bond donors (Lipinski definition) is 1. The summed E-state index contributed by atoms with van der Waals surface area (Å²) in [5, 5.41) is 0. The van der Waals surface area contributed by atoms with Crippen LogP contribution in [-0.4, -0.2) is 7.11 Å². The predicted octanol–water partition coefficient (Wildman–Crippen LogP) is 3.64. The van der Waals surface area contributed by atoms with Gasteiger partial charge in [0.15, 0.2) is 0 Å². The molecule has 1 aromatic carbocycles. The molecular weight excluding hydrogens is 297 g/mol. The highest BCUT2D eigenvalue weighted by Crippen LogP contribution is 2.57. The van der Waals surface area contributed by atoms with Crippen LogP contribution in [0.1, 0.15) is 30.9 Å². The fourth-order valence-electron chi connectivity index (χ4n) is 3.29. The molecule has 18 heavy (non-hydrogen) atoms. The van der Waals surface area contributed by atoms with Gasteiger partial charge in [-0.3, -0.25) is 0 Å². The second-order valence-electron chi connectivity index (χ2n) is 5.52. The molecule has 98 valence electrons. The van der Waals surface area contributed by atoms with Crippen LogP contribution in [0, 0.1) is 23.6 Å². The van der Waals surface area contributed by atoms with Gasteiger partial charge in [0.25, 0.3) is 0 Å². The fourth-order valence-corrected chi connectivity index (χ4v) is 3.65. The van der Waals surface area contributed by atoms with E-state index in [9.17, 15) is 4.39 Å². The van der Waals surface area contributed by atoms with Crippen LogP contribution in [0.15, 0.2) is 16.6 Å². The molecule has 0 aromatic heterocycles. The number of fused-ring (bicyclic) bond motifs is 1. The van der Waals surface area contributed by atoms with Crippen LogP contribution >= 0.6 is 15.9 Å². The lowest BCUT2D eigenvalue weighted by molar-refractivity contribution is 0.368. The van der Waals surface area contributed by atoms with E-state index in [-0.39, 0.29) is 11.9 Å². The molecule has 2 saturated carbocycles. The smallest absolute Gasteiger partial charge is 0.141 e. The van der Waals surface area contributed by atoms with Crippen LogP contribution in [0.5, 0.6) is 5.75 Å². The molecule has 2 fully saturated rings. The molecule has 3 unspecified atom stereocenters. The Hall–Kier alpha value is -0.610. The lowest BCUT2D eigenvalue weighted by atomic mass is 9.89. The Morgan fingerprint density at radius 2 is 2.00 bits per heavy atom. The molecular formula is C14H17BrFNO. The highest BCUT2D eigenvalue weighted by molar-refractivity contribution is 9.10. The zero-order chi connectivity index (χ0) is 12.9. The maximum atomic E-state index is 13.5. The molecule has 0 saturated heterocycles. The molecule has 2 nitrogen and oxygen atoms in total. The quantitative estimate of drug-likeness (QED) is 0.924. The van der Waals surface area contributed by atoms with Crippen LogP contribution in [-0.2, 0) is 0 Å². The molecule has 3 rings (SSSR count). The molecule has 0 radical (unpaired) electrons. The average molecular weight is 314 g/mol. The van der Waals surface area contributed by atoms with E-state index < -0.39 is 0 Å². The van der Waals surface area contributed by atoms with Crippen LogP contribution in [0.25, 0.3) is 0 Å². The highest BCUT2D eigenvalue weighted by atomic mass is 79.9. The Labute approximate surface area is 115 Å². The van der Waals surface area contributed by atoms with Gasteiger partial charge in [-0.25, -0.2) is 4.39 Å². The topological polar surface area (TPSA) is 35.2 Å².